The zero-order valence-corrected chi connectivity index (χ0v) is 18.2. The molecule has 0 spiro atoms. The molecule has 0 amide bonds. The third-order valence-electron chi connectivity index (χ3n) is 5.64. The van der Waals surface area contributed by atoms with Crippen molar-refractivity contribution in [3.05, 3.63) is 52.7 Å². The Labute approximate surface area is 185 Å². The van der Waals surface area contributed by atoms with Crippen molar-refractivity contribution in [1.82, 2.24) is 20.2 Å². The second-order valence-corrected chi connectivity index (χ2v) is 9.18. The van der Waals surface area contributed by atoms with E-state index in [9.17, 15) is 13.4 Å². The van der Waals surface area contributed by atoms with Crippen LogP contribution in [0.15, 0.2) is 29.3 Å². The Kier molecular flexibility index (Phi) is 5.33. The number of carbonyl (C=O) groups excluding carboxylic acids is 1. The van der Waals surface area contributed by atoms with Gasteiger partial charge < -0.3 is 15.0 Å². The Morgan fingerprint density at radius 1 is 1.34 bits per heavy atom. The molecule has 2 aliphatic heterocycles. The lowest BCUT2D eigenvalue weighted by Crippen LogP contribution is -2.32. The molecular weight excluding hydrogens is 435 g/mol. The number of aromatic nitrogens is 4. The maximum absolute atomic E-state index is 14.5. The van der Waals surface area contributed by atoms with Gasteiger partial charge in [-0.3, -0.25) is 14.1 Å². The summed E-state index contributed by atoms with van der Waals surface area (Å²) in [4.78, 5) is 23.4. The van der Waals surface area contributed by atoms with E-state index >= 15 is 0 Å². The highest BCUT2D eigenvalue weighted by molar-refractivity contribution is 7.85. The Morgan fingerprint density at radius 2 is 2.22 bits per heavy atom. The summed E-state index contributed by atoms with van der Waals surface area (Å²) in [5.41, 5.74) is 3.64. The first-order valence-electron chi connectivity index (χ1n) is 10.2. The normalized spacial score (nSPS) is 17.1. The van der Waals surface area contributed by atoms with Crippen molar-refractivity contribution in [1.29, 1.82) is 0 Å². The third-order valence-corrected chi connectivity index (χ3v) is 7.10. The van der Waals surface area contributed by atoms with Crippen LogP contribution in [0.5, 0.6) is 0 Å². The van der Waals surface area contributed by atoms with E-state index in [1.165, 1.54) is 24.8 Å². The van der Waals surface area contributed by atoms with E-state index in [0.29, 0.717) is 41.1 Å². The third kappa shape index (κ3) is 3.83. The van der Waals surface area contributed by atoms with Crippen LogP contribution < -0.4 is 10.2 Å². The number of aromatic amines is 1. The van der Waals surface area contributed by atoms with Crippen LogP contribution in [0.4, 0.5) is 21.8 Å². The molecule has 4 heterocycles. The van der Waals surface area contributed by atoms with Crippen LogP contribution in [0.1, 0.15) is 22.5 Å². The van der Waals surface area contributed by atoms with Crippen molar-refractivity contribution in [3.8, 4) is 0 Å². The van der Waals surface area contributed by atoms with Crippen LogP contribution in [0.3, 0.4) is 0 Å². The molecule has 11 heteroatoms. The number of nitrogens with one attached hydrogen (secondary N) is 2. The van der Waals surface area contributed by atoms with Crippen LogP contribution in [-0.4, -0.2) is 49.8 Å². The van der Waals surface area contributed by atoms with E-state index in [0.717, 1.165) is 24.4 Å². The van der Waals surface area contributed by atoms with Crippen LogP contribution in [-0.2, 0) is 46.1 Å². The molecule has 0 aliphatic carbocycles. The summed E-state index contributed by atoms with van der Waals surface area (Å²) in [6.45, 7) is 1.35. The highest BCUT2D eigenvalue weighted by Gasteiger charge is 2.29. The predicted octanol–water partition coefficient (Wildman–Crippen LogP) is 2.02. The van der Waals surface area contributed by atoms with Gasteiger partial charge in [-0.1, -0.05) is 6.07 Å². The molecule has 1 aromatic carbocycles. The number of anilines is 3. The van der Waals surface area contributed by atoms with Gasteiger partial charge in [-0.2, -0.15) is 10.1 Å². The number of aryl methyl sites for hydroxylation is 1. The van der Waals surface area contributed by atoms with Crippen LogP contribution >= 0.6 is 0 Å². The molecule has 0 saturated carbocycles. The van der Waals surface area contributed by atoms with Crippen molar-refractivity contribution in [2.24, 2.45) is 0 Å². The van der Waals surface area contributed by atoms with Gasteiger partial charge in [0.1, 0.15) is 10.7 Å². The highest BCUT2D eigenvalue weighted by Crippen LogP contribution is 2.33. The summed E-state index contributed by atoms with van der Waals surface area (Å²) in [7, 11) is 0.0410. The van der Waals surface area contributed by atoms with Crippen LogP contribution in [0.2, 0.25) is 0 Å². The van der Waals surface area contributed by atoms with E-state index in [1.807, 2.05) is 11.1 Å². The maximum atomic E-state index is 14.5. The molecule has 2 aliphatic rings. The van der Waals surface area contributed by atoms with E-state index in [2.05, 4.69) is 30.2 Å². The molecule has 0 bridgehead atoms. The standard InChI is InChI=1S/C21H21FN6O3S/c1-31-18(29)8-12-2-3-14(9-15(12)22)24-20-19-16(5-7-32(19)30)25-21(26-20)28-6-4-13-10-23-27-17(13)11-28/h2-3,9-10H,4-8,11H2,1H3,(H,23,27)(H,24,25,26)/t32-/m1/s1. The first-order valence-corrected chi connectivity index (χ1v) is 11.5. The van der Waals surface area contributed by atoms with Gasteiger partial charge in [0.15, 0.2) is 5.82 Å². The van der Waals surface area contributed by atoms with Gasteiger partial charge in [-0.25, -0.2) is 9.37 Å². The van der Waals surface area contributed by atoms with Crippen molar-refractivity contribution in [3.63, 3.8) is 0 Å². The monoisotopic (exact) mass is 456 g/mol. The minimum absolute atomic E-state index is 0.149. The molecule has 32 heavy (non-hydrogen) atoms. The quantitative estimate of drug-likeness (QED) is 0.561. The molecule has 2 aromatic heterocycles. The first-order chi connectivity index (χ1) is 15.5. The Hall–Kier alpha value is -3.34. The molecular formula is C21H21FN6O3S. The smallest absolute Gasteiger partial charge is 0.310 e. The number of methoxy groups -OCH3 is 1. The number of esters is 1. The number of benzene rings is 1. The van der Waals surface area contributed by atoms with Gasteiger partial charge in [-0.05, 0) is 29.7 Å². The average molecular weight is 457 g/mol. The summed E-state index contributed by atoms with van der Waals surface area (Å²) in [6.07, 6.45) is 3.12. The zero-order valence-electron chi connectivity index (χ0n) is 17.4. The second kappa shape index (κ2) is 8.30. The van der Waals surface area contributed by atoms with Gasteiger partial charge in [0.05, 0.1) is 48.5 Å². The van der Waals surface area contributed by atoms with Crippen molar-refractivity contribution in [2.45, 2.75) is 30.7 Å². The van der Waals surface area contributed by atoms with Crippen LogP contribution in [0.25, 0.3) is 0 Å². The lowest BCUT2D eigenvalue weighted by Gasteiger charge is -2.27. The summed E-state index contributed by atoms with van der Waals surface area (Å²) in [5, 5.41) is 10.2. The maximum Gasteiger partial charge on any atom is 0.310 e. The molecule has 0 saturated heterocycles. The van der Waals surface area contributed by atoms with Crippen molar-refractivity contribution >= 4 is 34.2 Å². The molecule has 0 fully saturated rings. The largest absolute Gasteiger partial charge is 0.469 e. The number of H-pyrrole nitrogens is 1. The van der Waals surface area contributed by atoms with Crippen molar-refractivity contribution in [2.75, 3.05) is 29.6 Å². The van der Waals surface area contributed by atoms with Gasteiger partial charge in [0.2, 0.25) is 5.95 Å². The number of rotatable bonds is 5. The fourth-order valence-electron chi connectivity index (χ4n) is 3.93. The topological polar surface area (TPSA) is 113 Å². The lowest BCUT2D eigenvalue weighted by atomic mass is 10.1. The molecule has 166 valence electrons. The molecule has 0 unspecified atom stereocenters. The van der Waals surface area contributed by atoms with E-state index in [4.69, 9.17) is 0 Å². The predicted molar refractivity (Wildman–Crippen MR) is 116 cm³/mol. The van der Waals surface area contributed by atoms with Gasteiger partial charge in [-0.15, -0.1) is 0 Å². The van der Waals surface area contributed by atoms with Gasteiger partial charge in [0.25, 0.3) is 0 Å². The number of hydrogen-bond acceptors (Lipinski definition) is 8. The Morgan fingerprint density at radius 3 is 3.03 bits per heavy atom. The number of hydrogen-bond donors (Lipinski definition) is 2. The van der Waals surface area contributed by atoms with Crippen molar-refractivity contribution < 1.29 is 18.1 Å². The molecule has 3 aromatic rings. The molecule has 0 radical (unpaired) electrons. The summed E-state index contributed by atoms with van der Waals surface area (Å²) in [6, 6.07) is 4.48. The fraction of sp³-hybridized carbons (Fsp3) is 0.333. The number of nitrogens with zero attached hydrogens (tertiary/aromatic N) is 4. The summed E-state index contributed by atoms with van der Waals surface area (Å²) >= 11 is 0. The number of halogens is 1. The van der Waals surface area contributed by atoms with E-state index in [-0.39, 0.29) is 12.0 Å². The number of ether oxygens (including phenoxy) is 1. The Balaban J connectivity index is 1.45. The zero-order chi connectivity index (χ0) is 22.2. The highest BCUT2D eigenvalue weighted by atomic mass is 32.2. The molecule has 9 nitrogen and oxygen atoms in total. The minimum Gasteiger partial charge on any atom is -0.469 e. The first kappa shape index (κ1) is 20.6. The second-order valence-electron chi connectivity index (χ2n) is 7.68. The lowest BCUT2D eigenvalue weighted by molar-refractivity contribution is -0.139. The Bertz CT molecular complexity index is 1230. The summed E-state index contributed by atoms with van der Waals surface area (Å²) in [5.74, 6) is 0.388. The van der Waals surface area contributed by atoms with Gasteiger partial charge >= 0.3 is 5.97 Å². The van der Waals surface area contributed by atoms with Crippen LogP contribution in [0, 0.1) is 5.82 Å². The molecule has 1 atom stereocenters. The average Bonchev–Trinajstić information content (AvgIpc) is 3.41. The fourth-order valence-corrected chi connectivity index (χ4v) is 5.23. The number of carbonyl (C=O) groups is 1. The summed E-state index contributed by atoms with van der Waals surface area (Å²) < 4.78 is 31.7. The SMILES string of the molecule is COC(=O)Cc1ccc(Nc2nc(N3CCc4cn[nH]c4C3)nc3c2[S@](=O)CC3)cc1F. The van der Waals surface area contributed by atoms with Gasteiger partial charge in [0, 0.05) is 24.4 Å². The van der Waals surface area contributed by atoms with E-state index < -0.39 is 22.6 Å². The number of fused-ring (bicyclic) bond motifs is 2. The molecule has 5 rings (SSSR count). The minimum atomic E-state index is -1.22. The molecule has 2 N–H and O–H groups in total. The van der Waals surface area contributed by atoms with E-state index in [1.54, 1.807) is 6.07 Å².